The van der Waals surface area contributed by atoms with Crippen molar-refractivity contribution in [1.29, 1.82) is 5.41 Å². The van der Waals surface area contributed by atoms with Gasteiger partial charge in [-0.3, -0.25) is 10.2 Å². The number of amidine groups is 1. The molecule has 0 saturated carbocycles. The lowest BCUT2D eigenvalue weighted by Gasteiger charge is -2.18. The molecule has 1 atom stereocenters. The molecule has 1 N–H and O–H groups in total. The molecule has 136 valence electrons. The van der Waals surface area contributed by atoms with Gasteiger partial charge in [0.15, 0.2) is 5.78 Å². The topological polar surface area (TPSA) is 57.1 Å². The Balaban J connectivity index is 1.56. The predicted molar refractivity (Wildman–Crippen MR) is 110 cm³/mol. The highest BCUT2D eigenvalue weighted by Crippen LogP contribution is 2.33. The molecule has 4 rings (SSSR count). The Hall–Kier alpha value is -2.50. The fourth-order valence-corrected chi connectivity index (χ4v) is 4.47. The van der Waals surface area contributed by atoms with Gasteiger partial charge in [0.1, 0.15) is 16.8 Å². The average Bonchev–Trinajstić information content (AvgIpc) is 3.20. The molecule has 1 aliphatic rings. The summed E-state index contributed by atoms with van der Waals surface area (Å²) in [6, 6.07) is 15.6. The molecule has 0 aliphatic carbocycles. The predicted octanol–water partition coefficient (Wildman–Crippen LogP) is 4.92. The molecule has 0 radical (unpaired) electrons. The molecule has 1 unspecified atom stereocenters. The van der Waals surface area contributed by atoms with E-state index in [-0.39, 0.29) is 12.3 Å². The van der Waals surface area contributed by atoms with E-state index in [0.717, 1.165) is 16.8 Å². The molecule has 0 amide bonds. The first-order valence-corrected chi connectivity index (χ1v) is 9.90. The summed E-state index contributed by atoms with van der Waals surface area (Å²) in [5.74, 6) is -0.221. The molecule has 6 heteroatoms. The number of rotatable bonds is 4. The van der Waals surface area contributed by atoms with Crippen LogP contribution in [0.15, 0.2) is 53.9 Å². The van der Waals surface area contributed by atoms with Gasteiger partial charge in [-0.1, -0.05) is 53.6 Å². The van der Waals surface area contributed by atoms with Crippen molar-refractivity contribution in [2.45, 2.75) is 19.4 Å². The van der Waals surface area contributed by atoms with Gasteiger partial charge in [0.05, 0.1) is 12.2 Å². The molecule has 1 aromatic heterocycles. The number of Topliss-reactive ketones (excluding diaryl/α,β-unsaturated/α-hetero) is 1. The minimum atomic E-state index is -0.576. The number of aryl methyl sites for hydroxylation is 1. The van der Waals surface area contributed by atoms with Crippen LogP contribution < -0.4 is 0 Å². The van der Waals surface area contributed by atoms with Crippen LogP contribution in [0.5, 0.6) is 0 Å². The van der Waals surface area contributed by atoms with Gasteiger partial charge in [0, 0.05) is 22.5 Å². The van der Waals surface area contributed by atoms with Gasteiger partial charge in [0.25, 0.3) is 0 Å². The quantitative estimate of drug-likeness (QED) is 0.682. The van der Waals surface area contributed by atoms with Crippen LogP contribution in [0.1, 0.15) is 22.1 Å². The third kappa shape index (κ3) is 3.66. The van der Waals surface area contributed by atoms with Crippen LogP contribution >= 0.6 is 22.9 Å². The van der Waals surface area contributed by atoms with Gasteiger partial charge in [-0.25, -0.2) is 4.98 Å². The highest BCUT2D eigenvalue weighted by molar-refractivity contribution is 7.10. The number of nitrogens with one attached hydrogen (secondary N) is 1. The maximum absolute atomic E-state index is 12.6. The lowest BCUT2D eigenvalue weighted by molar-refractivity contribution is -0.117. The van der Waals surface area contributed by atoms with Crippen LogP contribution in [0.3, 0.4) is 0 Å². The van der Waals surface area contributed by atoms with Crippen LogP contribution in [0, 0.1) is 12.3 Å². The van der Waals surface area contributed by atoms with Crippen LogP contribution in [-0.2, 0) is 11.3 Å². The molecular formula is C21H18ClN3OS. The molecular weight excluding hydrogens is 378 g/mol. The van der Waals surface area contributed by atoms with E-state index >= 15 is 0 Å². The molecule has 1 fully saturated rings. The van der Waals surface area contributed by atoms with E-state index in [2.05, 4.69) is 11.1 Å². The first kappa shape index (κ1) is 17.9. The molecule has 1 saturated heterocycles. The summed E-state index contributed by atoms with van der Waals surface area (Å²) in [6.45, 7) is 2.86. The maximum Gasteiger partial charge on any atom is 0.169 e. The zero-order valence-corrected chi connectivity index (χ0v) is 16.3. The maximum atomic E-state index is 12.6. The van der Waals surface area contributed by atoms with Crippen LogP contribution in [0.2, 0.25) is 5.02 Å². The number of benzene rings is 2. The second-order valence-electron chi connectivity index (χ2n) is 6.71. The fraction of sp³-hybridized carbons (Fsp3) is 0.190. The first-order valence-electron chi connectivity index (χ1n) is 8.64. The number of hydrogen-bond donors (Lipinski definition) is 1. The summed E-state index contributed by atoms with van der Waals surface area (Å²) in [6.07, 6.45) is 0. The third-order valence-corrected chi connectivity index (χ3v) is 5.77. The summed E-state index contributed by atoms with van der Waals surface area (Å²) >= 11 is 7.49. The smallest absolute Gasteiger partial charge is 0.169 e. The fourth-order valence-electron chi connectivity index (χ4n) is 3.33. The zero-order valence-electron chi connectivity index (χ0n) is 14.8. The lowest BCUT2D eigenvalue weighted by atomic mass is 10.1. The first-order chi connectivity index (χ1) is 13.0. The van der Waals surface area contributed by atoms with Crippen molar-refractivity contribution < 1.29 is 4.79 Å². The Morgan fingerprint density at radius 3 is 2.85 bits per heavy atom. The molecule has 1 aliphatic heterocycles. The Morgan fingerprint density at radius 2 is 2.07 bits per heavy atom. The summed E-state index contributed by atoms with van der Waals surface area (Å²) in [7, 11) is 0. The van der Waals surface area contributed by atoms with Crippen molar-refractivity contribution in [3.63, 3.8) is 0 Å². The van der Waals surface area contributed by atoms with Crippen molar-refractivity contribution in [2.75, 3.05) is 6.54 Å². The van der Waals surface area contributed by atoms with E-state index in [4.69, 9.17) is 17.0 Å². The number of nitrogens with zero attached hydrogens (tertiary/aromatic N) is 2. The van der Waals surface area contributed by atoms with Crippen molar-refractivity contribution in [3.8, 4) is 11.3 Å². The number of thiazole rings is 1. The van der Waals surface area contributed by atoms with Gasteiger partial charge < -0.3 is 4.90 Å². The van der Waals surface area contributed by atoms with E-state index in [9.17, 15) is 4.79 Å². The van der Waals surface area contributed by atoms with Gasteiger partial charge in [-0.15, -0.1) is 11.3 Å². The summed E-state index contributed by atoms with van der Waals surface area (Å²) in [5, 5.41) is 11.8. The second kappa shape index (κ2) is 7.25. The van der Waals surface area contributed by atoms with Crippen molar-refractivity contribution in [1.82, 2.24) is 9.88 Å². The van der Waals surface area contributed by atoms with E-state index in [1.165, 1.54) is 16.9 Å². The monoisotopic (exact) mass is 395 g/mol. The number of hydrogen-bond acceptors (Lipinski definition) is 4. The standard InChI is InChI=1S/C21H18ClN3OS/c1-13-4-2-5-14(8-13)10-25-11-18(26)19(20(25)23)21-24-17(12-27-21)15-6-3-7-16(22)9-15/h2-9,12,19,23H,10-11H2,1H3. The minimum Gasteiger partial charge on any atom is -0.348 e. The number of carbonyl (C=O) groups excluding carboxylic acids is 1. The van der Waals surface area contributed by atoms with E-state index in [1.54, 1.807) is 0 Å². The summed E-state index contributed by atoms with van der Waals surface area (Å²) in [4.78, 5) is 19.1. The largest absolute Gasteiger partial charge is 0.348 e. The molecule has 0 bridgehead atoms. The highest BCUT2D eigenvalue weighted by Gasteiger charge is 2.39. The van der Waals surface area contributed by atoms with Crippen molar-refractivity contribution in [2.24, 2.45) is 0 Å². The van der Waals surface area contributed by atoms with E-state index in [1.807, 2.05) is 59.7 Å². The molecule has 3 aromatic rings. The van der Waals surface area contributed by atoms with Crippen LogP contribution in [0.4, 0.5) is 0 Å². The lowest BCUT2D eigenvalue weighted by Crippen LogP contribution is -2.25. The number of ketones is 1. The van der Waals surface area contributed by atoms with Crippen molar-refractivity contribution in [3.05, 3.63) is 75.1 Å². The van der Waals surface area contributed by atoms with Crippen LogP contribution in [-0.4, -0.2) is 28.0 Å². The number of carbonyl (C=O) groups is 1. The summed E-state index contributed by atoms with van der Waals surface area (Å²) < 4.78 is 0. The van der Waals surface area contributed by atoms with Gasteiger partial charge in [-0.2, -0.15) is 0 Å². The Labute approximate surface area is 166 Å². The Morgan fingerprint density at radius 1 is 1.26 bits per heavy atom. The van der Waals surface area contributed by atoms with Gasteiger partial charge >= 0.3 is 0 Å². The number of halogens is 1. The van der Waals surface area contributed by atoms with E-state index < -0.39 is 5.92 Å². The average molecular weight is 396 g/mol. The molecule has 0 spiro atoms. The molecule has 2 aromatic carbocycles. The highest BCUT2D eigenvalue weighted by atomic mass is 35.5. The second-order valence-corrected chi connectivity index (χ2v) is 8.04. The zero-order chi connectivity index (χ0) is 19.0. The normalized spacial score (nSPS) is 17.0. The Kier molecular flexibility index (Phi) is 4.81. The SMILES string of the molecule is Cc1cccc(CN2CC(=O)C(c3nc(-c4cccc(Cl)c4)cs3)C2=N)c1. The Bertz CT molecular complexity index is 1030. The molecule has 4 nitrogen and oxygen atoms in total. The summed E-state index contributed by atoms with van der Waals surface area (Å²) in [5.41, 5.74) is 3.98. The number of likely N-dealkylation sites (tertiary alicyclic amines) is 1. The minimum absolute atomic E-state index is 0.0275. The molecule has 27 heavy (non-hydrogen) atoms. The van der Waals surface area contributed by atoms with E-state index in [0.29, 0.717) is 22.4 Å². The van der Waals surface area contributed by atoms with Gasteiger partial charge in [-0.05, 0) is 24.6 Å². The third-order valence-electron chi connectivity index (χ3n) is 4.63. The van der Waals surface area contributed by atoms with Gasteiger partial charge in [0.2, 0.25) is 0 Å². The van der Waals surface area contributed by atoms with Crippen molar-refractivity contribution >= 4 is 34.6 Å². The molecule has 2 heterocycles. The number of aromatic nitrogens is 1. The van der Waals surface area contributed by atoms with Crippen LogP contribution in [0.25, 0.3) is 11.3 Å².